The minimum atomic E-state index is -0.291. The summed E-state index contributed by atoms with van der Waals surface area (Å²) in [6.07, 6.45) is 2.25. The van der Waals surface area contributed by atoms with Crippen molar-refractivity contribution in [3.63, 3.8) is 0 Å². The van der Waals surface area contributed by atoms with Crippen LogP contribution in [-0.2, 0) is 6.54 Å². The van der Waals surface area contributed by atoms with Gasteiger partial charge in [-0.15, -0.1) is 0 Å². The van der Waals surface area contributed by atoms with E-state index in [1.165, 1.54) is 13.2 Å². The Balaban J connectivity index is 1.66. The summed E-state index contributed by atoms with van der Waals surface area (Å²) in [4.78, 5) is 4.34. The van der Waals surface area contributed by atoms with E-state index in [1.807, 2.05) is 6.92 Å². The van der Waals surface area contributed by atoms with E-state index >= 15 is 0 Å². The number of halogens is 1. The van der Waals surface area contributed by atoms with Crippen LogP contribution in [0.25, 0.3) is 0 Å². The van der Waals surface area contributed by atoms with E-state index in [-0.39, 0.29) is 11.9 Å². The fourth-order valence-corrected chi connectivity index (χ4v) is 2.30. The molecule has 0 unspecified atom stereocenters. The van der Waals surface area contributed by atoms with E-state index in [4.69, 9.17) is 9.26 Å². The van der Waals surface area contributed by atoms with Gasteiger partial charge < -0.3 is 14.6 Å². The summed E-state index contributed by atoms with van der Waals surface area (Å²) in [6.45, 7) is 2.30. The van der Waals surface area contributed by atoms with Crippen LogP contribution in [0.15, 0.2) is 22.7 Å². The summed E-state index contributed by atoms with van der Waals surface area (Å²) in [5, 5.41) is 7.13. The van der Waals surface area contributed by atoms with Gasteiger partial charge in [-0.3, -0.25) is 0 Å². The minimum Gasteiger partial charge on any atom is -0.496 e. The highest BCUT2D eigenvalue weighted by Gasteiger charge is 2.29. The lowest BCUT2D eigenvalue weighted by atomic mass is 10.1. The number of nitrogens with one attached hydrogen (secondary N) is 1. The van der Waals surface area contributed by atoms with Crippen LogP contribution in [0.2, 0.25) is 0 Å². The number of ether oxygens (including phenoxy) is 1. The average Bonchev–Trinajstić information content (AvgIpc) is 3.23. The summed E-state index contributed by atoms with van der Waals surface area (Å²) >= 11 is 0. The van der Waals surface area contributed by atoms with Gasteiger partial charge >= 0.3 is 0 Å². The van der Waals surface area contributed by atoms with E-state index in [9.17, 15) is 4.39 Å². The van der Waals surface area contributed by atoms with Crippen LogP contribution in [0.1, 0.15) is 49.0 Å². The molecule has 1 aliphatic rings. The zero-order chi connectivity index (χ0) is 14.8. The number of hydrogen-bond acceptors (Lipinski definition) is 5. The molecule has 1 atom stereocenters. The second-order valence-electron chi connectivity index (χ2n) is 5.28. The molecule has 5 nitrogen and oxygen atoms in total. The van der Waals surface area contributed by atoms with Crippen molar-refractivity contribution >= 4 is 0 Å². The number of benzene rings is 1. The van der Waals surface area contributed by atoms with Crippen molar-refractivity contribution in [1.82, 2.24) is 15.5 Å². The molecule has 1 N–H and O–H groups in total. The summed E-state index contributed by atoms with van der Waals surface area (Å²) < 4.78 is 24.4. The van der Waals surface area contributed by atoms with Gasteiger partial charge in [0.15, 0.2) is 5.82 Å². The van der Waals surface area contributed by atoms with Gasteiger partial charge in [-0.1, -0.05) is 11.2 Å². The Morgan fingerprint density at radius 2 is 2.29 bits per heavy atom. The molecule has 1 heterocycles. The van der Waals surface area contributed by atoms with Crippen molar-refractivity contribution < 1.29 is 13.7 Å². The average molecular weight is 291 g/mol. The SMILES string of the molecule is COc1cccc(F)c1[C@H](C)NCc1noc(C2CC2)n1. The summed E-state index contributed by atoms with van der Waals surface area (Å²) in [6, 6.07) is 4.58. The molecule has 0 bridgehead atoms. The smallest absolute Gasteiger partial charge is 0.229 e. The van der Waals surface area contributed by atoms with Crippen LogP contribution in [0.5, 0.6) is 5.75 Å². The largest absolute Gasteiger partial charge is 0.496 e. The molecule has 21 heavy (non-hydrogen) atoms. The van der Waals surface area contributed by atoms with Crippen molar-refractivity contribution in [3.05, 3.63) is 41.3 Å². The van der Waals surface area contributed by atoms with Gasteiger partial charge in [0.05, 0.1) is 13.7 Å². The van der Waals surface area contributed by atoms with Crippen LogP contribution in [-0.4, -0.2) is 17.3 Å². The Morgan fingerprint density at radius 3 is 3.00 bits per heavy atom. The number of aromatic nitrogens is 2. The molecule has 2 aromatic rings. The third-order valence-corrected chi connectivity index (χ3v) is 3.64. The van der Waals surface area contributed by atoms with E-state index < -0.39 is 0 Å². The molecule has 1 saturated carbocycles. The van der Waals surface area contributed by atoms with Gasteiger partial charge in [0, 0.05) is 17.5 Å². The van der Waals surface area contributed by atoms with Crippen LogP contribution in [0, 0.1) is 5.82 Å². The Morgan fingerprint density at radius 1 is 1.48 bits per heavy atom. The van der Waals surface area contributed by atoms with Crippen LogP contribution >= 0.6 is 0 Å². The lowest BCUT2D eigenvalue weighted by Crippen LogP contribution is -2.20. The van der Waals surface area contributed by atoms with Crippen LogP contribution in [0.3, 0.4) is 0 Å². The first kappa shape index (κ1) is 14.0. The topological polar surface area (TPSA) is 60.2 Å². The summed E-state index contributed by atoms with van der Waals surface area (Å²) in [5.74, 6) is 1.99. The molecule has 0 radical (unpaired) electrons. The molecule has 0 spiro atoms. The molecular formula is C15H18FN3O2. The second-order valence-corrected chi connectivity index (χ2v) is 5.28. The minimum absolute atomic E-state index is 0.218. The van der Waals surface area contributed by atoms with Crippen molar-refractivity contribution in [2.45, 2.75) is 38.3 Å². The van der Waals surface area contributed by atoms with Gasteiger partial charge in [0.2, 0.25) is 5.89 Å². The Kier molecular flexibility index (Phi) is 3.88. The first-order chi connectivity index (χ1) is 10.2. The monoisotopic (exact) mass is 291 g/mol. The predicted molar refractivity (Wildman–Crippen MR) is 74.5 cm³/mol. The molecule has 1 aromatic carbocycles. The fourth-order valence-electron chi connectivity index (χ4n) is 2.30. The Bertz CT molecular complexity index is 625. The lowest BCUT2D eigenvalue weighted by molar-refractivity contribution is 0.369. The summed E-state index contributed by atoms with van der Waals surface area (Å²) in [7, 11) is 1.53. The zero-order valence-corrected chi connectivity index (χ0v) is 12.1. The van der Waals surface area contributed by atoms with Crippen LogP contribution < -0.4 is 10.1 Å². The zero-order valence-electron chi connectivity index (χ0n) is 12.1. The van der Waals surface area contributed by atoms with Gasteiger partial charge in [-0.2, -0.15) is 4.98 Å². The maximum atomic E-state index is 14.0. The Hall–Kier alpha value is -1.95. The fraction of sp³-hybridized carbons (Fsp3) is 0.467. The lowest BCUT2D eigenvalue weighted by Gasteiger charge is -2.17. The number of methoxy groups -OCH3 is 1. The molecular weight excluding hydrogens is 273 g/mol. The third-order valence-electron chi connectivity index (χ3n) is 3.64. The molecule has 0 saturated heterocycles. The van der Waals surface area contributed by atoms with E-state index in [2.05, 4.69) is 15.5 Å². The van der Waals surface area contributed by atoms with Crippen molar-refractivity contribution in [2.75, 3.05) is 7.11 Å². The van der Waals surface area contributed by atoms with Crippen LogP contribution in [0.4, 0.5) is 4.39 Å². The second kappa shape index (κ2) is 5.81. The quantitative estimate of drug-likeness (QED) is 0.886. The van der Waals surface area contributed by atoms with Gasteiger partial charge in [0.1, 0.15) is 11.6 Å². The molecule has 0 amide bonds. The molecule has 1 aliphatic carbocycles. The molecule has 6 heteroatoms. The molecule has 0 aliphatic heterocycles. The number of hydrogen-bond donors (Lipinski definition) is 1. The number of rotatable bonds is 6. The van der Waals surface area contributed by atoms with Crippen molar-refractivity contribution in [2.24, 2.45) is 0 Å². The first-order valence-electron chi connectivity index (χ1n) is 7.07. The van der Waals surface area contributed by atoms with Crippen molar-refractivity contribution in [3.8, 4) is 5.75 Å². The maximum absolute atomic E-state index is 14.0. The van der Waals surface area contributed by atoms with E-state index in [1.54, 1.807) is 12.1 Å². The van der Waals surface area contributed by atoms with E-state index in [0.29, 0.717) is 35.5 Å². The maximum Gasteiger partial charge on any atom is 0.229 e. The predicted octanol–water partition coefficient (Wildman–Crippen LogP) is 2.95. The third kappa shape index (κ3) is 3.05. The number of nitrogens with zero attached hydrogens (tertiary/aromatic N) is 2. The van der Waals surface area contributed by atoms with Crippen molar-refractivity contribution in [1.29, 1.82) is 0 Å². The highest BCUT2D eigenvalue weighted by Crippen LogP contribution is 2.38. The normalized spacial score (nSPS) is 16.0. The van der Waals surface area contributed by atoms with Gasteiger partial charge in [-0.05, 0) is 31.9 Å². The molecule has 1 aromatic heterocycles. The standard InChI is InChI=1S/C15H18FN3O2/c1-9(14-11(16)4-3-5-12(14)20-2)17-8-13-18-15(21-19-13)10-6-7-10/h3-5,9-10,17H,6-8H2,1-2H3/t9-/m0/s1. The highest BCUT2D eigenvalue weighted by atomic mass is 19.1. The summed E-state index contributed by atoms with van der Waals surface area (Å²) in [5.41, 5.74) is 0.505. The van der Waals surface area contributed by atoms with E-state index in [0.717, 1.165) is 12.8 Å². The first-order valence-corrected chi connectivity index (χ1v) is 7.07. The Labute approximate surface area is 122 Å². The van der Waals surface area contributed by atoms with Gasteiger partial charge in [0.25, 0.3) is 0 Å². The highest BCUT2D eigenvalue weighted by molar-refractivity contribution is 5.36. The molecule has 112 valence electrons. The molecule has 1 fully saturated rings. The molecule has 3 rings (SSSR count). The van der Waals surface area contributed by atoms with Gasteiger partial charge in [-0.25, -0.2) is 4.39 Å².